The van der Waals surface area contributed by atoms with E-state index in [0.29, 0.717) is 5.56 Å². The second-order valence-corrected chi connectivity index (χ2v) is 3.46. The van der Waals surface area contributed by atoms with Crippen molar-refractivity contribution in [3.8, 4) is 0 Å². The average Bonchev–Trinajstić information content (AvgIpc) is 2.39. The molecule has 4 heteroatoms. The van der Waals surface area contributed by atoms with E-state index in [9.17, 15) is 9.59 Å². The van der Waals surface area contributed by atoms with Gasteiger partial charge in [-0.1, -0.05) is 30.3 Å². The van der Waals surface area contributed by atoms with Crippen molar-refractivity contribution < 1.29 is 9.59 Å². The number of hydrogen-bond donors (Lipinski definition) is 1. The fourth-order valence-electron chi connectivity index (χ4n) is 1.51. The topological polar surface area (TPSA) is 73.1 Å². The molecular formula is C13H10N2O2. The van der Waals surface area contributed by atoms with Gasteiger partial charge >= 0.3 is 0 Å². The molecule has 4 nitrogen and oxygen atoms in total. The quantitative estimate of drug-likeness (QED) is 0.804. The second-order valence-electron chi connectivity index (χ2n) is 3.46. The zero-order valence-electron chi connectivity index (χ0n) is 8.96. The van der Waals surface area contributed by atoms with Crippen LogP contribution < -0.4 is 5.73 Å². The number of nitrogens with zero attached hydrogens (tertiary/aromatic N) is 1. The first-order chi connectivity index (χ1) is 8.20. The number of primary amides is 1. The summed E-state index contributed by atoms with van der Waals surface area (Å²) in [6, 6.07) is 11.7. The van der Waals surface area contributed by atoms with Crippen molar-refractivity contribution in [2.75, 3.05) is 0 Å². The number of ketones is 1. The summed E-state index contributed by atoms with van der Waals surface area (Å²) >= 11 is 0. The van der Waals surface area contributed by atoms with Crippen LogP contribution in [0, 0.1) is 0 Å². The predicted octanol–water partition coefficient (Wildman–Crippen LogP) is 1.41. The molecule has 0 aliphatic carbocycles. The van der Waals surface area contributed by atoms with Gasteiger partial charge in [0.25, 0.3) is 5.91 Å². The maximum Gasteiger partial charge on any atom is 0.251 e. The summed E-state index contributed by atoms with van der Waals surface area (Å²) < 4.78 is 0. The summed E-state index contributed by atoms with van der Waals surface area (Å²) in [6.45, 7) is 0. The Labute approximate surface area is 98.1 Å². The zero-order valence-corrected chi connectivity index (χ0v) is 8.96. The van der Waals surface area contributed by atoms with E-state index in [1.807, 2.05) is 6.07 Å². The molecule has 0 unspecified atom stereocenters. The van der Waals surface area contributed by atoms with Gasteiger partial charge < -0.3 is 5.73 Å². The number of amides is 1. The molecule has 0 spiro atoms. The van der Waals surface area contributed by atoms with Crippen LogP contribution in [0.25, 0.3) is 0 Å². The van der Waals surface area contributed by atoms with Crippen LogP contribution in [0.1, 0.15) is 26.4 Å². The fraction of sp³-hybridized carbons (Fsp3) is 0. The van der Waals surface area contributed by atoms with E-state index in [-0.39, 0.29) is 17.0 Å². The van der Waals surface area contributed by atoms with Crippen LogP contribution in [0.4, 0.5) is 0 Å². The summed E-state index contributed by atoms with van der Waals surface area (Å²) in [5, 5.41) is 0. The molecule has 0 radical (unpaired) electrons. The van der Waals surface area contributed by atoms with E-state index in [0.717, 1.165) is 0 Å². The molecule has 2 aromatic rings. The van der Waals surface area contributed by atoms with E-state index in [1.54, 1.807) is 30.3 Å². The van der Waals surface area contributed by atoms with Gasteiger partial charge in [-0.05, 0) is 12.1 Å². The lowest BCUT2D eigenvalue weighted by atomic mass is 10.0. The van der Waals surface area contributed by atoms with Gasteiger partial charge in [0.15, 0.2) is 0 Å². The monoisotopic (exact) mass is 226 g/mol. The molecule has 0 saturated carbocycles. The lowest BCUT2D eigenvalue weighted by Gasteiger charge is -2.04. The molecule has 2 rings (SSSR count). The smallest absolute Gasteiger partial charge is 0.251 e. The average molecular weight is 226 g/mol. The second kappa shape index (κ2) is 4.57. The SMILES string of the molecule is NC(=O)c1cccnc1C(=O)c1ccccc1. The molecule has 0 aliphatic rings. The standard InChI is InChI=1S/C13H10N2O2/c14-13(17)10-7-4-8-15-11(10)12(16)9-5-2-1-3-6-9/h1-8H,(H2,14,17). The number of aromatic nitrogens is 1. The van der Waals surface area contributed by atoms with Gasteiger partial charge in [-0.2, -0.15) is 0 Å². The number of hydrogen-bond acceptors (Lipinski definition) is 3. The summed E-state index contributed by atoms with van der Waals surface area (Å²) in [5.74, 6) is -0.961. The van der Waals surface area contributed by atoms with E-state index in [2.05, 4.69) is 4.98 Å². The lowest BCUT2D eigenvalue weighted by Crippen LogP contribution is -2.18. The predicted molar refractivity (Wildman–Crippen MR) is 62.6 cm³/mol. The van der Waals surface area contributed by atoms with Gasteiger partial charge in [-0.15, -0.1) is 0 Å². The first-order valence-electron chi connectivity index (χ1n) is 5.04. The van der Waals surface area contributed by atoms with Crippen molar-refractivity contribution in [1.29, 1.82) is 0 Å². The Balaban J connectivity index is 2.48. The normalized spacial score (nSPS) is 9.88. The van der Waals surface area contributed by atoms with Gasteiger partial charge in [0.1, 0.15) is 5.69 Å². The zero-order chi connectivity index (χ0) is 12.3. The van der Waals surface area contributed by atoms with Crippen molar-refractivity contribution in [3.63, 3.8) is 0 Å². The highest BCUT2D eigenvalue weighted by atomic mass is 16.1. The molecule has 2 N–H and O–H groups in total. The van der Waals surface area contributed by atoms with Gasteiger partial charge in [0.05, 0.1) is 5.56 Å². The Morgan fingerprint density at radius 1 is 1.00 bits per heavy atom. The largest absolute Gasteiger partial charge is 0.366 e. The van der Waals surface area contributed by atoms with E-state index in [4.69, 9.17) is 5.73 Å². The molecule has 1 aromatic heterocycles. The lowest BCUT2D eigenvalue weighted by molar-refractivity contribution is 0.0978. The molecular weight excluding hydrogens is 216 g/mol. The Kier molecular flexibility index (Phi) is 2.96. The number of benzene rings is 1. The Hall–Kier alpha value is -2.49. The number of pyridine rings is 1. The molecule has 0 aliphatic heterocycles. The molecule has 1 heterocycles. The number of carbonyl (C=O) groups is 2. The van der Waals surface area contributed by atoms with Crippen LogP contribution in [0.5, 0.6) is 0 Å². The maximum absolute atomic E-state index is 12.1. The first kappa shape index (κ1) is 11.0. The Morgan fingerprint density at radius 2 is 1.71 bits per heavy atom. The molecule has 0 saturated heterocycles. The highest BCUT2D eigenvalue weighted by molar-refractivity contribution is 6.13. The van der Waals surface area contributed by atoms with E-state index < -0.39 is 5.91 Å². The maximum atomic E-state index is 12.1. The van der Waals surface area contributed by atoms with Crippen LogP contribution >= 0.6 is 0 Å². The fourth-order valence-corrected chi connectivity index (χ4v) is 1.51. The molecule has 1 amide bonds. The van der Waals surface area contributed by atoms with Crippen LogP contribution in [0.15, 0.2) is 48.7 Å². The Bertz CT molecular complexity index is 565. The minimum Gasteiger partial charge on any atom is -0.366 e. The summed E-state index contributed by atoms with van der Waals surface area (Å²) in [6.07, 6.45) is 1.46. The van der Waals surface area contributed by atoms with Gasteiger partial charge in [0.2, 0.25) is 5.78 Å². The summed E-state index contributed by atoms with van der Waals surface area (Å²) in [7, 11) is 0. The number of nitrogens with two attached hydrogens (primary N) is 1. The van der Waals surface area contributed by atoms with E-state index in [1.165, 1.54) is 12.3 Å². The van der Waals surface area contributed by atoms with Crippen LogP contribution in [0.3, 0.4) is 0 Å². The minimum absolute atomic E-state index is 0.0891. The van der Waals surface area contributed by atoms with Crippen molar-refractivity contribution in [2.24, 2.45) is 5.73 Å². The van der Waals surface area contributed by atoms with Crippen LogP contribution in [-0.2, 0) is 0 Å². The third kappa shape index (κ3) is 2.20. The minimum atomic E-state index is -0.655. The summed E-state index contributed by atoms with van der Waals surface area (Å²) in [4.78, 5) is 27.2. The molecule has 0 fully saturated rings. The van der Waals surface area contributed by atoms with Crippen molar-refractivity contribution >= 4 is 11.7 Å². The molecule has 0 bridgehead atoms. The number of rotatable bonds is 3. The highest BCUT2D eigenvalue weighted by Gasteiger charge is 2.17. The van der Waals surface area contributed by atoms with Crippen molar-refractivity contribution in [1.82, 2.24) is 4.98 Å². The highest BCUT2D eigenvalue weighted by Crippen LogP contribution is 2.11. The first-order valence-corrected chi connectivity index (χ1v) is 5.04. The van der Waals surface area contributed by atoms with Gasteiger partial charge in [0, 0.05) is 11.8 Å². The van der Waals surface area contributed by atoms with Crippen molar-refractivity contribution in [3.05, 3.63) is 65.5 Å². The van der Waals surface area contributed by atoms with Crippen LogP contribution in [-0.4, -0.2) is 16.7 Å². The Morgan fingerprint density at radius 3 is 2.35 bits per heavy atom. The third-order valence-corrected chi connectivity index (χ3v) is 2.32. The van der Waals surface area contributed by atoms with Gasteiger partial charge in [-0.25, -0.2) is 0 Å². The molecule has 1 aromatic carbocycles. The molecule has 0 atom stereocenters. The number of carbonyl (C=O) groups excluding carboxylic acids is 2. The molecule has 84 valence electrons. The molecule has 17 heavy (non-hydrogen) atoms. The van der Waals surface area contributed by atoms with Crippen molar-refractivity contribution in [2.45, 2.75) is 0 Å². The van der Waals surface area contributed by atoms with E-state index >= 15 is 0 Å². The van der Waals surface area contributed by atoms with Gasteiger partial charge in [-0.3, -0.25) is 14.6 Å². The third-order valence-electron chi connectivity index (χ3n) is 2.32. The van der Waals surface area contributed by atoms with Crippen LogP contribution in [0.2, 0.25) is 0 Å². The summed E-state index contributed by atoms with van der Waals surface area (Å²) in [5.41, 5.74) is 5.91.